The van der Waals surface area contributed by atoms with Gasteiger partial charge in [-0.25, -0.2) is 12.8 Å². The number of carbonyl (C=O) groups excluding carboxylic acids is 2. The Morgan fingerprint density at radius 1 is 1.16 bits per heavy atom. The van der Waals surface area contributed by atoms with Gasteiger partial charge in [0.05, 0.1) is 16.3 Å². The number of sulfonamides is 1. The lowest BCUT2D eigenvalue weighted by Crippen LogP contribution is -2.37. The fraction of sp³-hybridized carbons (Fsp3) is 0.143. The number of nitrogens with zero attached hydrogens (tertiary/aromatic N) is 1. The predicted molar refractivity (Wildman–Crippen MR) is 114 cm³/mol. The van der Waals surface area contributed by atoms with Crippen LogP contribution in [0.25, 0.3) is 10.8 Å². The summed E-state index contributed by atoms with van der Waals surface area (Å²) >= 11 is 5.68. The highest BCUT2D eigenvalue weighted by Crippen LogP contribution is 2.41. The van der Waals surface area contributed by atoms with Crippen LogP contribution in [0.15, 0.2) is 59.5 Å². The number of anilines is 2. The van der Waals surface area contributed by atoms with E-state index in [1.54, 1.807) is 30.3 Å². The van der Waals surface area contributed by atoms with Crippen LogP contribution in [0.3, 0.4) is 0 Å². The van der Waals surface area contributed by atoms with Gasteiger partial charge in [-0.1, -0.05) is 35.9 Å². The zero-order valence-corrected chi connectivity index (χ0v) is 17.7. The largest absolute Gasteiger partial charge is 0.451 e. The summed E-state index contributed by atoms with van der Waals surface area (Å²) in [7, 11) is -3.94. The van der Waals surface area contributed by atoms with Crippen molar-refractivity contribution in [2.45, 2.75) is 17.9 Å². The molecule has 0 aromatic heterocycles. The van der Waals surface area contributed by atoms with Gasteiger partial charge < -0.3 is 10.1 Å². The number of hydrogen-bond donors (Lipinski definition) is 1. The van der Waals surface area contributed by atoms with Gasteiger partial charge in [-0.15, -0.1) is 0 Å². The van der Waals surface area contributed by atoms with Crippen LogP contribution in [0.2, 0.25) is 5.02 Å². The molecule has 10 heteroatoms. The molecule has 4 rings (SSSR count). The molecule has 3 aromatic carbocycles. The first-order valence-electron chi connectivity index (χ1n) is 9.18. The number of halogens is 2. The first-order chi connectivity index (χ1) is 14.7. The first kappa shape index (κ1) is 21.1. The minimum absolute atomic E-state index is 0.109. The molecule has 1 atom stereocenters. The van der Waals surface area contributed by atoms with Gasteiger partial charge >= 0.3 is 5.97 Å². The van der Waals surface area contributed by atoms with Gasteiger partial charge in [-0.05, 0) is 42.6 Å². The minimum atomic E-state index is -3.94. The van der Waals surface area contributed by atoms with Crippen molar-refractivity contribution in [3.8, 4) is 0 Å². The van der Waals surface area contributed by atoms with Crippen molar-refractivity contribution in [2.75, 3.05) is 16.2 Å². The van der Waals surface area contributed by atoms with Crippen molar-refractivity contribution in [3.05, 3.63) is 65.4 Å². The van der Waals surface area contributed by atoms with Crippen LogP contribution in [0.4, 0.5) is 15.8 Å². The summed E-state index contributed by atoms with van der Waals surface area (Å²) in [6.45, 7) is 0.693. The summed E-state index contributed by atoms with van der Waals surface area (Å²) in [6, 6.07) is 13.7. The third-order valence-electron chi connectivity index (χ3n) is 4.82. The molecule has 0 saturated carbocycles. The Bertz CT molecular complexity index is 1320. The third kappa shape index (κ3) is 3.82. The summed E-state index contributed by atoms with van der Waals surface area (Å²) in [5.41, 5.74) is 0.243. The Kier molecular flexibility index (Phi) is 5.32. The standard InChI is InChI=1S/C21H16ClFN2O5S/c1-12(21(27)24-16-9-8-14(22)10-15(16)23)30-19(26)11-25-17-6-2-4-13-5-3-7-18(20(13)17)31(25,28)29/h2-10,12H,11H2,1H3,(H,24,27). The van der Waals surface area contributed by atoms with Crippen LogP contribution >= 0.6 is 11.6 Å². The molecular formula is C21H16ClFN2O5S. The predicted octanol–water partition coefficient (Wildman–Crippen LogP) is 3.71. The van der Waals surface area contributed by atoms with Crippen molar-refractivity contribution in [3.63, 3.8) is 0 Å². The van der Waals surface area contributed by atoms with E-state index in [1.165, 1.54) is 25.1 Å². The molecule has 0 spiro atoms. The molecule has 0 saturated heterocycles. The van der Waals surface area contributed by atoms with E-state index in [0.29, 0.717) is 11.1 Å². The van der Waals surface area contributed by atoms with E-state index in [9.17, 15) is 22.4 Å². The minimum Gasteiger partial charge on any atom is -0.451 e. The lowest BCUT2D eigenvalue weighted by atomic mass is 10.1. The van der Waals surface area contributed by atoms with E-state index in [1.807, 2.05) is 0 Å². The molecule has 7 nitrogen and oxygen atoms in total. The summed E-state index contributed by atoms with van der Waals surface area (Å²) < 4.78 is 45.7. The zero-order valence-electron chi connectivity index (χ0n) is 16.1. The van der Waals surface area contributed by atoms with Crippen molar-refractivity contribution in [2.24, 2.45) is 0 Å². The highest BCUT2D eigenvalue weighted by atomic mass is 35.5. The van der Waals surface area contributed by atoms with E-state index in [2.05, 4.69) is 5.32 Å². The zero-order chi connectivity index (χ0) is 22.3. The Labute approximate surface area is 182 Å². The summed E-state index contributed by atoms with van der Waals surface area (Å²) in [5.74, 6) is -2.44. The summed E-state index contributed by atoms with van der Waals surface area (Å²) in [5, 5.41) is 3.72. The normalized spacial score (nSPS) is 15.0. The fourth-order valence-electron chi connectivity index (χ4n) is 3.36. The molecule has 0 radical (unpaired) electrons. The van der Waals surface area contributed by atoms with Crippen LogP contribution in [-0.2, 0) is 24.3 Å². The number of hydrogen-bond acceptors (Lipinski definition) is 5. The molecule has 1 unspecified atom stereocenters. The van der Waals surface area contributed by atoms with Crippen molar-refractivity contribution in [1.29, 1.82) is 0 Å². The van der Waals surface area contributed by atoms with Crippen LogP contribution in [0, 0.1) is 5.82 Å². The molecule has 1 amide bonds. The third-order valence-corrected chi connectivity index (χ3v) is 6.86. The molecule has 3 aromatic rings. The molecule has 1 heterocycles. The maximum atomic E-state index is 13.9. The van der Waals surface area contributed by atoms with E-state index in [-0.39, 0.29) is 15.6 Å². The maximum Gasteiger partial charge on any atom is 0.327 e. The molecule has 1 N–H and O–H groups in total. The smallest absolute Gasteiger partial charge is 0.327 e. The van der Waals surface area contributed by atoms with Crippen molar-refractivity contribution < 1.29 is 27.1 Å². The Hall–Kier alpha value is -3.17. The van der Waals surface area contributed by atoms with Crippen LogP contribution < -0.4 is 9.62 Å². The monoisotopic (exact) mass is 462 g/mol. The number of amides is 1. The maximum absolute atomic E-state index is 13.9. The van der Waals surface area contributed by atoms with Gasteiger partial charge in [-0.2, -0.15) is 0 Å². The van der Waals surface area contributed by atoms with Gasteiger partial charge in [0.2, 0.25) is 0 Å². The topological polar surface area (TPSA) is 92.8 Å². The highest BCUT2D eigenvalue weighted by molar-refractivity contribution is 7.93. The lowest BCUT2D eigenvalue weighted by molar-refractivity contribution is -0.151. The number of rotatable bonds is 5. The van der Waals surface area contributed by atoms with E-state index in [4.69, 9.17) is 16.3 Å². The van der Waals surface area contributed by atoms with Crippen LogP contribution in [0.5, 0.6) is 0 Å². The fourth-order valence-corrected chi connectivity index (χ4v) is 5.17. The number of esters is 1. The van der Waals surface area contributed by atoms with Crippen LogP contribution in [-0.4, -0.2) is 32.9 Å². The number of benzene rings is 3. The Morgan fingerprint density at radius 2 is 1.87 bits per heavy atom. The Morgan fingerprint density at radius 3 is 2.58 bits per heavy atom. The molecular weight excluding hydrogens is 447 g/mol. The van der Waals surface area contributed by atoms with E-state index < -0.39 is 40.4 Å². The summed E-state index contributed by atoms with van der Waals surface area (Å²) in [4.78, 5) is 24.8. The number of ether oxygens (including phenoxy) is 1. The van der Waals surface area contributed by atoms with Crippen molar-refractivity contribution in [1.82, 2.24) is 0 Å². The van der Waals surface area contributed by atoms with Gasteiger partial charge in [0, 0.05) is 10.4 Å². The molecule has 0 bridgehead atoms. The molecule has 1 aliphatic heterocycles. The van der Waals surface area contributed by atoms with Crippen molar-refractivity contribution >= 4 is 55.6 Å². The van der Waals surface area contributed by atoms with E-state index in [0.717, 1.165) is 15.8 Å². The second-order valence-corrected chi connectivity index (χ2v) is 9.16. The highest BCUT2D eigenvalue weighted by Gasteiger charge is 2.37. The summed E-state index contributed by atoms with van der Waals surface area (Å²) in [6.07, 6.45) is -1.29. The SMILES string of the molecule is CC(OC(=O)CN1c2cccc3cccc(c23)S1(=O)=O)C(=O)Nc1ccc(Cl)cc1F. The van der Waals surface area contributed by atoms with Gasteiger partial charge in [0.1, 0.15) is 12.4 Å². The second-order valence-electron chi connectivity index (χ2n) is 6.89. The molecule has 31 heavy (non-hydrogen) atoms. The number of carbonyl (C=O) groups is 2. The van der Waals surface area contributed by atoms with Gasteiger partial charge in [0.15, 0.2) is 6.10 Å². The van der Waals surface area contributed by atoms with Gasteiger partial charge in [0.25, 0.3) is 15.9 Å². The number of nitrogens with one attached hydrogen (secondary N) is 1. The Balaban J connectivity index is 1.48. The average molecular weight is 463 g/mol. The average Bonchev–Trinajstić information content (AvgIpc) is 2.93. The van der Waals surface area contributed by atoms with Gasteiger partial charge in [-0.3, -0.25) is 13.9 Å². The molecule has 1 aliphatic rings. The lowest BCUT2D eigenvalue weighted by Gasteiger charge is -2.19. The molecule has 160 valence electrons. The van der Waals surface area contributed by atoms with E-state index >= 15 is 0 Å². The molecule has 0 fully saturated rings. The van der Waals surface area contributed by atoms with Crippen LogP contribution in [0.1, 0.15) is 6.92 Å². The second kappa shape index (κ2) is 7.82. The first-order valence-corrected chi connectivity index (χ1v) is 11.0. The quantitative estimate of drug-likeness (QED) is 0.583. The molecule has 0 aliphatic carbocycles.